The van der Waals surface area contributed by atoms with E-state index in [9.17, 15) is 14.3 Å². The maximum absolute atomic E-state index is 13.4. The van der Waals surface area contributed by atoms with Gasteiger partial charge in [-0.15, -0.1) is 0 Å². The van der Waals surface area contributed by atoms with Gasteiger partial charge in [0.05, 0.1) is 24.5 Å². The Labute approximate surface area is 146 Å². The molecule has 4 nitrogen and oxygen atoms in total. The van der Waals surface area contributed by atoms with E-state index in [1.165, 1.54) is 19.2 Å². The summed E-state index contributed by atoms with van der Waals surface area (Å²) in [5, 5.41) is 10.6. The van der Waals surface area contributed by atoms with Crippen molar-refractivity contribution in [3.63, 3.8) is 0 Å². The highest BCUT2D eigenvalue weighted by Gasteiger charge is 2.31. The Bertz CT molecular complexity index is 800. The average Bonchev–Trinajstić information content (AvgIpc) is 2.60. The summed E-state index contributed by atoms with van der Waals surface area (Å²) in [5.41, 5.74) is 3.80. The van der Waals surface area contributed by atoms with E-state index < -0.39 is 12.1 Å². The van der Waals surface area contributed by atoms with Gasteiger partial charge in [0.2, 0.25) is 0 Å². The lowest BCUT2D eigenvalue weighted by molar-refractivity contribution is 0.0598. The maximum Gasteiger partial charge on any atom is 0.340 e. The van der Waals surface area contributed by atoms with Gasteiger partial charge in [-0.1, -0.05) is 26.0 Å². The van der Waals surface area contributed by atoms with Crippen molar-refractivity contribution in [3.8, 4) is 11.1 Å². The minimum absolute atomic E-state index is 0.0117. The highest BCUT2D eigenvalue weighted by atomic mass is 19.1. The minimum Gasteiger partial charge on any atom is -0.465 e. The molecule has 1 aromatic heterocycles. The highest BCUT2D eigenvalue weighted by molar-refractivity contribution is 5.99. The average molecular weight is 343 g/mol. The second-order valence-electron chi connectivity index (χ2n) is 6.67. The van der Waals surface area contributed by atoms with Gasteiger partial charge in [0.1, 0.15) is 5.82 Å². The Hall–Kier alpha value is -2.27. The molecule has 25 heavy (non-hydrogen) atoms. The Morgan fingerprint density at radius 1 is 1.32 bits per heavy atom. The minimum atomic E-state index is -0.694. The molecule has 1 aliphatic carbocycles. The van der Waals surface area contributed by atoms with Gasteiger partial charge in [-0.05, 0) is 42.9 Å². The van der Waals surface area contributed by atoms with Crippen LogP contribution < -0.4 is 0 Å². The van der Waals surface area contributed by atoms with Crippen LogP contribution in [0.2, 0.25) is 0 Å². The topological polar surface area (TPSA) is 59.4 Å². The van der Waals surface area contributed by atoms with Crippen LogP contribution in [0.1, 0.15) is 66.0 Å². The van der Waals surface area contributed by atoms with Crippen molar-refractivity contribution in [1.29, 1.82) is 0 Å². The molecule has 1 atom stereocenters. The number of pyridine rings is 1. The van der Waals surface area contributed by atoms with Gasteiger partial charge in [0, 0.05) is 16.8 Å². The molecule has 1 aliphatic rings. The van der Waals surface area contributed by atoms with E-state index in [0.717, 1.165) is 18.5 Å². The molecule has 0 spiro atoms. The van der Waals surface area contributed by atoms with Crippen molar-refractivity contribution in [2.24, 2.45) is 0 Å². The second-order valence-corrected chi connectivity index (χ2v) is 6.67. The number of benzene rings is 1. The van der Waals surface area contributed by atoms with Crippen LogP contribution in [0.15, 0.2) is 24.3 Å². The van der Waals surface area contributed by atoms with Gasteiger partial charge in [0.15, 0.2) is 0 Å². The van der Waals surface area contributed by atoms with Gasteiger partial charge < -0.3 is 9.84 Å². The maximum atomic E-state index is 13.4. The lowest BCUT2D eigenvalue weighted by atomic mass is 9.82. The third-order valence-corrected chi connectivity index (χ3v) is 4.64. The summed E-state index contributed by atoms with van der Waals surface area (Å²) in [7, 11) is 1.33. The molecule has 0 aliphatic heterocycles. The van der Waals surface area contributed by atoms with Crippen LogP contribution in [-0.2, 0) is 11.2 Å². The summed E-state index contributed by atoms with van der Waals surface area (Å²) >= 11 is 0. The van der Waals surface area contributed by atoms with Gasteiger partial charge in [-0.3, -0.25) is 4.98 Å². The van der Waals surface area contributed by atoms with Crippen molar-refractivity contribution in [2.45, 2.75) is 45.1 Å². The molecule has 0 bridgehead atoms. The first kappa shape index (κ1) is 17.5. The first-order valence-electron chi connectivity index (χ1n) is 8.53. The van der Waals surface area contributed by atoms with E-state index in [4.69, 9.17) is 9.72 Å². The predicted molar refractivity (Wildman–Crippen MR) is 93.0 cm³/mol. The third-order valence-electron chi connectivity index (χ3n) is 4.64. The predicted octanol–water partition coefficient (Wildman–Crippen LogP) is 4.17. The van der Waals surface area contributed by atoms with E-state index >= 15 is 0 Å². The molecule has 0 amide bonds. The number of fused-ring (bicyclic) bond motifs is 1. The van der Waals surface area contributed by atoms with Crippen LogP contribution in [-0.4, -0.2) is 23.2 Å². The number of rotatable bonds is 3. The Kier molecular flexibility index (Phi) is 4.86. The number of carbonyl (C=O) groups is 1. The molecule has 132 valence electrons. The number of hydrogen-bond donors (Lipinski definition) is 1. The number of esters is 1. The van der Waals surface area contributed by atoms with Crippen molar-refractivity contribution >= 4 is 5.97 Å². The van der Waals surface area contributed by atoms with Crippen molar-refractivity contribution in [2.75, 3.05) is 7.11 Å². The molecule has 1 N–H and O–H groups in total. The molecular formula is C20H22FNO3. The summed E-state index contributed by atoms with van der Waals surface area (Å²) in [6.07, 6.45) is 1.52. The number of nitrogens with zero attached hydrogens (tertiary/aromatic N) is 1. The van der Waals surface area contributed by atoms with Crippen LogP contribution in [0.25, 0.3) is 11.1 Å². The molecule has 3 rings (SSSR count). The molecule has 2 aromatic rings. The molecule has 1 unspecified atom stereocenters. The van der Waals surface area contributed by atoms with Gasteiger partial charge in [-0.25, -0.2) is 9.18 Å². The summed E-state index contributed by atoms with van der Waals surface area (Å²) in [5.74, 6) is -0.829. The molecule has 0 radical (unpaired) electrons. The normalized spacial score (nSPS) is 16.6. The number of carbonyl (C=O) groups excluding carboxylic acids is 1. The number of aliphatic hydroxyl groups is 1. The Balaban J connectivity index is 2.40. The molecule has 0 fully saturated rings. The molecule has 0 saturated heterocycles. The van der Waals surface area contributed by atoms with E-state index in [1.807, 2.05) is 13.8 Å². The monoisotopic (exact) mass is 343 g/mol. The van der Waals surface area contributed by atoms with E-state index in [-0.39, 0.29) is 11.7 Å². The summed E-state index contributed by atoms with van der Waals surface area (Å²) < 4.78 is 18.4. The first-order chi connectivity index (χ1) is 11.9. The van der Waals surface area contributed by atoms with Crippen LogP contribution in [0.3, 0.4) is 0 Å². The van der Waals surface area contributed by atoms with Crippen LogP contribution in [0, 0.1) is 5.82 Å². The number of aryl methyl sites for hydroxylation is 1. The number of aliphatic hydroxyl groups excluding tert-OH is 1. The Morgan fingerprint density at radius 3 is 2.60 bits per heavy atom. The second kappa shape index (κ2) is 6.92. The standard InChI is InChI=1S/C20H22FNO3/c1-11(2)19-18(20(24)25-3)16(12-7-9-13(21)10-8-12)17-14(22-19)5-4-6-15(17)23/h7-11,15,23H,4-6H2,1-3H3. The third kappa shape index (κ3) is 3.16. The fourth-order valence-electron chi connectivity index (χ4n) is 3.47. The molecule has 1 aromatic carbocycles. The zero-order valence-electron chi connectivity index (χ0n) is 14.7. The van der Waals surface area contributed by atoms with Crippen LogP contribution in [0.5, 0.6) is 0 Å². The molecular weight excluding hydrogens is 321 g/mol. The molecule has 5 heteroatoms. The zero-order chi connectivity index (χ0) is 18.1. The number of halogens is 1. The quantitative estimate of drug-likeness (QED) is 0.850. The number of methoxy groups -OCH3 is 1. The summed E-state index contributed by atoms with van der Waals surface area (Å²) in [6.45, 7) is 3.93. The lowest BCUT2D eigenvalue weighted by Gasteiger charge is -2.27. The van der Waals surface area contributed by atoms with E-state index in [1.54, 1.807) is 12.1 Å². The number of aromatic nitrogens is 1. The fraction of sp³-hybridized carbons (Fsp3) is 0.400. The lowest BCUT2D eigenvalue weighted by Crippen LogP contribution is -2.20. The van der Waals surface area contributed by atoms with Gasteiger partial charge in [0.25, 0.3) is 0 Å². The molecule has 1 heterocycles. The first-order valence-corrected chi connectivity index (χ1v) is 8.53. The van der Waals surface area contributed by atoms with Crippen molar-refractivity contribution < 1.29 is 19.0 Å². The zero-order valence-corrected chi connectivity index (χ0v) is 14.7. The SMILES string of the molecule is COC(=O)c1c(C(C)C)nc2c(c1-c1ccc(F)cc1)C(O)CCC2. The van der Waals surface area contributed by atoms with Crippen LogP contribution >= 0.6 is 0 Å². The van der Waals surface area contributed by atoms with E-state index in [0.29, 0.717) is 34.4 Å². The highest BCUT2D eigenvalue weighted by Crippen LogP contribution is 2.41. The fourth-order valence-corrected chi connectivity index (χ4v) is 3.47. The van der Waals surface area contributed by atoms with Gasteiger partial charge >= 0.3 is 5.97 Å². The number of hydrogen-bond acceptors (Lipinski definition) is 4. The van der Waals surface area contributed by atoms with Gasteiger partial charge in [-0.2, -0.15) is 0 Å². The molecule has 0 saturated carbocycles. The number of ether oxygens (including phenoxy) is 1. The summed E-state index contributed by atoms with van der Waals surface area (Å²) in [6, 6.07) is 5.96. The largest absolute Gasteiger partial charge is 0.465 e. The Morgan fingerprint density at radius 2 is 2.00 bits per heavy atom. The summed E-state index contributed by atoms with van der Waals surface area (Å²) in [4.78, 5) is 17.3. The van der Waals surface area contributed by atoms with Crippen molar-refractivity contribution in [3.05, 3.63) is 52.6 Å². The van der Waals surface area contributed by atoms with Crippen molar-refractivity contribution in [1.82, 2.24) is 4.98 Å². The van der Waals surface area contributed by atoms with E-state index in [2.05, 4.69) is 0 Å². The smallest absolute Gasteiger partial charge is 0.340 e. The van der Waals surface area contributed by atoms with Crippen LogP contribution in [0.4, 0.5) is 4.39 Å².